The van der Waals surface area contributed by atoms with Gasteiger partial charge < -0.3 is 31.6 Å². The molecule has 38 heavy (non-hydrogen) atoms. The first-order valence-corrected chi connectivity index (χ1v) is 11.5. The Morgan fingerprint density at radius 3 is 2.39 bits per heavy atom. The van der Waals surface area contributed by atoms with Crippen LogP contribution >= 0.6 is 0 Å². The molecule has 3 aromatic rings. The molecule has 0 aliphatic heterocycles. The van der Waals surface area contributed by atoms with Crippen LogP contribution in [-0.4, -0.2) is 40.1 Å². The Kier molecular flexibility index (Phi) is 10.3. The Hall–Kier alpha value is -5.00. The van der Waals surface area contributed by atoms with Crippen molar-refractivity contribution in [3.05, 3.63) is 70.1 Å². The number of nitrogens with zero attached hydrogens (tertiary/aromatic N) is 2. The minimum Gasteiger partial charge on any atom is -0.427 e. The highest BCUT2D eigenvalue weighted by molar-refractivity contribution is 5.94. The van der Waals surface area contributed by atoms with Crippen LogP contribution in [0.25, 0.3) is 11.3 Å². The zero-order chi connectivity index (χ0) is 28.4. The van der Waals surface area contributed by atoms with E-state index in [9.17, 15) is 14.4 Å². The molecule has 0 aliphatic carbocycles. The monoisotopic (exact) mass is 521 g/mol. The number of ether oxygens (including phenoxy) is 1. The van der Waals surface area contributed by atoms with Crippen LogP contribution < -0.4 is 32.4 Å². The average molecular weight is 522 g/mol. The summed E-state index contributed by atoms with van der Waals surface area (Å²) < 4.78 is 6.45. The number of amidine groups is 1. The molecule has 2 aromatic carbocycles. The van der Waals surface area contributed by atoms with Crippen LogP contribution in [0.15, 0.2) is 53.5 Å². The van der Waals surface area contributed by atoms with Crippen molar-refractivity contribution in [1.29, 1.82) is 5.41 Å². The Morgan fingerprint density at radius 1 is 1.16 bits per heavy atom. The number of carbonyl (C=O) groups excluding carboxylic acids is 3. The summed E-state index contributed by atoms with van der Waals surface area (Å²) in [5, 5.41) is 13.2. The maximum atomic E-state index is 13.3. The van der Waals surface area contributed by atoms with Crippen LogP contribution in [-0.2, 0) is 27.5 Å². The molecule has 0 fully saturated rings. The molecule has 12 nitrogen and oxygen atoms in total. The van der Waals surface area contributed by atoms with Gasteiger partial charge >= 0.3 is 5.97 Å². The van der Waals surface area contributed by atoms with Crippen molar-refractivity contribution in [1.82, 2.24) is 14.9 Å². The van der Waals surface area contributed by atoms with Crippen LogP contribution in [0, 0.1) is 5.41 Å². The summed E-state index contributed by atoms with van der Waals surface area (Å²) in [6, 6.07) is 11.5. The van der Waals surface area contributed by atoms with Gasteiger partial charge in [0, 0.05) is 42.4 Å². The van der Waals surface area contributed by atoms with Gasteiger partial charge in [-0.25, -0.2) is 4.98 Å². The fraction of sp³-hybridized carbons (Fsp3) is 0.231. The highest BCUT2D eigenvalue weighted by Gasteiger charge is 2.17. The summed E-state index contributed by atoms with van der Waals surface area (Å²) in [6.07, 6.45) is 1.46. The topological polar surface area (TPSA) is 195 Å². The molecule has 200 valence electrons. The van der Waals surface area contributed by atoms with Crippen LogP contribution in [0.1, 0.15) is 31.9 Å². The molecule has 0 saturated heterocycles. The molecule has 1 amide bonds. The van der Waals surface area contributed by atoms with E-state index in [-0.39, 0.29) is 36.5 Å². The second-order valence-corrected chi connectivity index (χ2v) is 8.45. The lowest BCUT2D eigenvalue weighted by Gasteiger charge is -2.17. The van der Waals surface area contributed by atoms with Gasteiger partial charge in [-0.1, -0.05) is 24.3 Å². The van der Waals surface area contributed by atoms with Crippen molar-refractivity contribution in [3.63, 3.8) is 0 Å². The summed E-state index contributed by atoms with van der Waals surface area (Å²) in [7, 11) is 0. The molecule has 0 radical (unpaired) electrons. The Morgan fingerprint density at radius 2 is 1.82 bits per heavy atom. The van der Waals surface area contributed by atoms with Crippen LogP contribution in [0.2, 0.25) is 0 Å². The van der Waals surface area contributed by atoms with Gasteiger partial charge in [-0.2, -0.15) is 0 Å². The van der Waals surface area contributed by atoms with E-state index in [1.54, 1.807) is 36.4 Å². The first kappa shape index (κ1) is 29.2. The largest absolute Gasteiger partial charge is 0.427 e. The zero-order valence-electron chi connectivity index (χ0n) is 21.4. The molecule has 0 saturated carbocycles. The second-order valence-electron chi connectivity index (χ2n) is 8.45. The quantitative estimate of drug-likeness (QED) is 0.0914. The number of nitrogens with one attached hydrogen (secondary N) is 3. The van der Waals surface area contributed by atoms with E-state index < -0.39 is 17.4 Å². The third-order valence-corrected chi connectivity index (χ3v) is 5.02. The van der Waals surface area contributed by atoms with E-state index in [0.29, 0.717) is 22.5 Å². The summed E-state index contributed by atoms with van der Waals surface area (Å²) in [5.74, 6) is -0.654. The molecular formula is C26H31N7O5. The van der Waals surface area contributed by atoms with Crippen molar-refractivity contribution < 1.29 is 19.1 Å². The van der Waals surface area contributed by atoms with Crippen molar-refractivity contribution in [2.45, 2.75) is 39.9 Å². The SMILES string of the molecule is C=O.CC(=O)Oc1cc(N)cc(-c2cnc(NC(C)C)c(=O)n2CC(=O)NCc2ccc(C(=N)N)cc2)c1. The number of carbonyl (C=O) groups is 3. The van der Waals surface area contributed by atoms with Gasteiger partial charge in [0.25, 0.3) is 5.56 Å². The lowest BCUT2D eigenvalue weighted by Crippen LogP contribution is -2.35. The van der Waals surface area contributed by atoms with Gasteiger partial charge in [-0.05, 0) is 31.5 Å². The molecule has 1 aromatic heterocycles. The van der Waals surface area contributed by atoms with Gasteiger partial charge in [0.2, 0.25) is 5.91 Å². The smallest absolute Gasteiger partial charge is 0.308 e. The third-order valence-electron chi connectivity index (χ3n) is 5.02. The molecule has 1 heterocycles. The maximum Gasteiger partial charge on any atom is 0.308 e. The van der Waals surface area contributed by atoms with Crippen molar-refractivity contribution in [2.24, 2.45) is 5.73 Å². The number of hydrogen-bond acceptors (Lipinski definition) is 9. The number of amides is 1. The van der Waals surface area contributed by atoms with E-state index in [4.69, 9.17) is 26.4 Å². The van der Waals surface area contributed by atoms with E-state index >= 15 is 0 Å². The predicted molar refractivity (Wildman–Crippen MR) is 145 cm³/mol. The molecule has 7 N–H and O–H groups in total. The molecule has 3 rings (SSSR count). The number of rotatable bonds is 9. The fourth-order valence-corrected chi connectivity index (χ4v) is 3.44. The summed E-state index contributed by atoms with van der Waals surface area (Å²) in [6.45, 7) is 6.94. The molecule has 0 unspecified atom stereocenters. The van der Waals surface area contributed by atoms with E-state index in [1.807, 2.05) is 20.6 Å². The van der Waals surface area contributed by atoms with Crippen molar-refractivity contribution in [3.8, 4) is 17.0 Å². The number of nitrogens with two attached hydrogens (primary N) is 2. The summed E-state index contributed by atoms with van der Waals surface area (Å²) in [5.41, 5.74) is 13.5. The van der Waals surface area contributed by atoms with Gasteiger partial charge in [0.15, 0.2) is 5.82 Å². The van der Waals surface area contributed by atoms with Gasteiger partial charge in [0.05, 0.1) is 11.9 Å². The lowest BCUT2D eigenvalue weighted by atomic mass is 10.1. The standard InChI is InChI=1S/C25H29N7O4.CH2O/c1-14(2)31-24-25(35)32(13-22(34)29-11-16-4-6-17(7-5-16)23(27)28)21(12-30-24)18-8-19(26)10-20(9-18)36-15(3)33;1-2/h4-10,12,14H,11,13,26H2,1-3H3,(H3,27,28)(H,29,34)(H,30,31);1H2. The van der Waals surface area contributed by atoms with E-state index in [1.165, 1.54) is 23.8 Å². The highest BCUT2D eigenvalue weighted by atomic mass is 16.5. The number of hydrogen-bond donors (Lipinski definition) is 5. The molecule has 0 aliphatic rings. The zero-order valence-corrected chi connectivity index (χ0v) is 21.4. The Labute approximate surface area is 219 Å². The molecule has 0 atom stereocenters. The summed E-state index contributed by atoms with van der Waals surface area (Å²) >= 11 is 0. The average Bonchev–Trinajstić information content (AvgIpc) is 2.85. The van der Waals surface area contributed by atoms with Crippen LogP contribution in [0.3, 0.4) is 0 Å². The Bertz CT molecular complexity index is 1370. The number of benzene rings is 2. The van der Waals surface area contributed by atoms with E-state index in [2.05, 4.69) is 15.6 Å². The fourth-order valence-electron chi connectivity index (χ4n) is 3.44. The lowest BCUT2D eigenvalue weighted by molar-refractivity contribution is -0.131. The van der Waals surface area contributed by atoms with E-state index in [0.717, 1.165) is 5.56 Å². The Balaban J connectivity index is 0.00000247. The number of aromatic nitrogens is 2. The predicted octanol–water partition coefficient (Wildman–Crippen LogP) is 1.65. The third kappa shape index (κ3) is 8.01. The van der Waals surface area contributed by atoms with Crippen molar-refractivity contribution >= 4 is 36.0 Å². The van der Waals surface area contributed by atoms with Gasteiger partial charge in [0.1, 0.15) is 24.9 Å². The van der Waals surface area contributed by atoms with Crippen LogP contribution in [0.5, 0.6) is 5.75 Å². The number of esters is 1. The minimum atomic E-state index is -0.519. The first-order valence-electron chi connectivity index (χ1n) is 11.5. The molecular weight excluding hydrogens is 490 g/mol. The highest BCUT2D eigenvalue weighted by Crippen LogP contribution is 2.27. The molecule has 0 bridgehead atoms. The normalized spacial score (nSPS) is 10.2. The van der Waals surface area contributed by atoms with Gasteiger partial charge in [-0.15, -0.1) is 0 Å². The van der Waals surface area contributed by atoms with Crippen molar-refractivity contribution in [2.75, 3.05) is 11.1 Å². The summed E-state index contributed by atoms with van der Waals surface area (Å²) in [4.78, 5) is 49.8. The first-order chi connectivity index (χ1) is 18.0. The van der Waals surface area contributed by atoms with Crippen LogP contribution in [0.4, 0.5) is 11.5 Å². The molecule has 12 heteroatoms. The minimum absolute atomic E-state index is 0.0422. The van der Waals surface area contributed by atoms with Gasteiger partial charge in [-0.3, -0.25) is 24.4 Å². The second kappa shape index (κ2) is 13.3. The maximum absolute atomic E-state index is 13.3. The number of anilines is 2. The number of nitrogen functional groups attached to an aromatic ring is 2. The molecule has 0 spiro atoms.